The second-order valence-electron chi connectivity index (χ2n) is 6.24. The summed E-state index contributed by atoms with van der Waals surface area (Å²) < 4.78 is 0. The maximum atomic E-state index is 12.3. The van der Waals surface area contributed by atoms with Gasteiger partial charge >= 0.3 is 0 Å². The monoisotopic (exact) mass is 330 g/mol. The number of carbonyl (C=O) groups excluding carboxylic acids is 1. The van der Waals surface area contributed by atoms with Crippen molar-refractivity contribution in [3.8, 4) is 0 Å². The van der Waals surface area contributed by atoms with Crippen LogP contribution >= 0.6 is 0 Å². The van der Waals surface area contributed by atoms with Crippen LogP contribution in [0.5, 0.6) is 0 Å². The Bertz CT molecular complexity index is 869. The number of carbonyl (C=O) groups is 1. The number of benzene rings is 3. The van der Waals surface area contributed by atoms with E-state index in [4.69, 9.17) is 0 Å². The highest BCUT2D eigenvalue weighted by atomic mass is 16.1. The lowest BCUT2D eigenvalue weighted by atomic mass is 10.1. The van der Waals surface area contributed by atoms with Crippen molar-refractivity contribution in [2.75, 3.05) is 10.6 Å². The van der Waals surface area contributed by atoms with Crippen LogP contribution in [-0.2, 0) is 6.54 Å². The fraction of sp³-hybridized carbons (Fsp3) is 0.136. The number of aryl methyl sites for hydroxylation is 2. The second kappa shape index (κ2) is 7.67. The number of hydrogen-bond acceptors (Lipinski definition) is 2. The molecular weight excluding hydrogens is 308 g/mol. The molecule has 2 N–H and O–H groups in total. The topological polar surface area (TPSA) is 41.1 Å². The fourth-order valence-electron chi connectivity index (χ4n) is 2.69. The third-order valence-electron chi connectivity index (χ3n) is 4.00. The normalized spacial score (nSPS) is 10.3. The van der Waals surface area contributed by atoms with Crippen LogP contribution in [0, 0.1) is 13.8 Å². The zero-order valence-electron chi connectivity index (χ0n) is 14.5. The van der Waals surface area contributed by atoms with E-state index < -0.39 is 0 Å². The van der Waals surface area contributed by atoms with Gasteiger partial charge in [-0.2, -0.15) is 0 Å². The number of nitrogens with one attached hydrogen (secondary N) is 2. The van der Waals surface area contributed by atoms with E-state index in [-0.39, 0.29) is 5.91 Å². The number of amides is 1. The van der Waals surface area contributed by atoms with E-state index in [1.165, 1.54) is 11.1 Å². The quantitative estimate of drug-likeness (QED) is 0.678. The van der Waals surface area contributed by atoms with Gasteiger partial charge in [-0.1, -0.05) is 47.5 Å². The minimum Gasteiger partial charge on any atom is -0.381 e. The maximum Gasteiger partial charge on any atom is 0.255 e. The highest BCUT2D eigenvalue weighted by Gasteiger charge is 2.06. The number of anilines is 2. The molecule has 0 aliphatic carbocycles. The Hall–Kier alpha value is -3.07. The summed E-state index contributed by atoms with van der Waals surface area (Å²) in [6.07, 6.45) is 0. The minimum atomic E-state index is -0.0934. The molecule has 3 rings (SSSR count). The Balaban J connectivity index is 1.59. The van der Waals surface area contributed by atoms with Crippen molar-refractivity contribution in [2.45, 2.75) is 20.4 Å². The van der Waals surface area contributed by atoms with Crippen LogP contribution in [0.15, 0.2) is 72.8 Å². The first kappa shape index (κ1) is 16.8. The van der Waals surface area contributed by atoms with Gasteiger partial charge in [0, 0.05) is 23.5 Å². The summed E-state index contributed by atoms with van der Waals surface area (Å²) in [4.78, 5) is 12.3. The molecule has 0 aromatic heterocycles. The summed E-state index contributed by atoms with van der Waals surface area (Å²) in [5.74, 6) is -0.0934. The van der Waals surface area contributed by atoms with Crippen LogP contribution in [-0.4, -0.2) is 5.91 Å². The van der Waals surface area contributed by atoms with Gasteiger partial charge in [-0.15, -0.1) is 0 Å². The fourth-order valence-corrected chi connectivity index (χ4v) is 2.69. The molecule has 0 saturated heterocycles. The molecule has 126 valence electrons. The van der Waals surface area contributed by atoms with Crippen molar-refractivity contribution in [3.05, 3.63) is 95.1 Å². The molecule has 0 bridgehead atoms. The van der Waals surface area contributed by atoms with Crippen LogP contribution in [0.4, 0.5) is 11.4 Å². The summed E-state index contributed by atoms with van der Waals surface area (Å²) in [5, 5.41) is 6.32. The molecule has 0 aliphatic heterocycles. The summed E-state index contributed by atoms with van der Waals surface area (Å²) in [6.45, 7) is 4.84. The van der Waals surface area contributed by atoms with Crippen LogP contribution < -0.4 is 10.6 Å². The maximum absolute atomic E-state index is 12.3. The zero-order chi connectivity index (χ0) is 17.6. The second-order valence-corrected chi connectivity index (χ2v) is 6.24. The van der Waals surface area contributed by atoms with Gasteiger partial charge in [-0.25, -0.2) is 0 Å². The van der Waals surface area contributed by atoms with Crippen LogP contribution in [0.1, 0.15) is 27.0 Å². The molecule has 3 heteroatoms. The van der Waals surface area contributed by atoms with Crippen molar-refractivity contribution >= 4 is 17.3 Å². The molecule has 3 nitrogen and oxygen atoms in total. The summed E-state index contributed by atoms with van der Waals surface area (Å²) in [5.41, 5.74) is 6.05. The predicted molar refractivity (Wildman–Crippen MR) is 104 cm³/mol. The van der Waals surface area contributed by atoms with Crippen molar-refractivity contribution < 1.29 is 4.79 Å². The van der Waals surface area contributed by atoms with Gasteiger partial charge in [-0.3, -0.25) is 4.79 Å². The van der Waals surface area contributed by atoms with Crippen molar-refractivity contribution in [1.82, 2.24) is 0 Å². The molecular formula is C22H22N2O. The number of hydrogen-bond donors (Lipinski definition) is 2. The standard InChI is InChI=1S/C22H22N2O/c1-16-5-3-7-18(13-16)15-23-20-9-11-21(12-10-20)24-22(25)19-8-4-6-17(2)14-19/h3-14,23H,15H2,1-2H3,(H,24,25). The molecule has 0 heterocycles. The molecule has 0 radical (unpaired) electrons. The third-order valence-corrected chi connectivity index (χ3v) is 4.00. The van der Waals surface area contributed by atoms with Gasteiger partial charge in [0.1, 0.15) is 0 Å². The largest absolute Gasteiger partial charge is 0.381 e. The SMILES string of the molecule is Cc1cccc(CNc2ccc(NC(=O)c3cccc(C)c3)cc2)c1. The van der Waals surface area contributed by atoms with E-state index in [9.17, 15) is 4.79 Å². The van der Waals surface area contributed by atoms with Crippen LogP contribution in [0.3, 0.4) is 0 Å². The van der Waals surface area contributed by atoms with E-state index in [2.05, 4.69) is 41.8 Å². The Morgan fingerprint density at radius 1 is 0.800 bits per heavy atom. The highest BCUT2D eigenvalue weighted by molar-refractivity contribution is 6.04. The Kier molecular flexibility index (Phi) is 5.14. The van der Waals surface area contributed by atoms with Crippen molar-refractivity contribution in [2.24, 2.45) is 0 Å². The van der Waals surface area contributed by atoms with E-state index in [0.717, 1.165) is 23.5 Å². The minimum absolute atomic E-state index is 0.0934. The molecule has 0 spiro atoms. The Labute approximate surface area is 148 Å². The average molecular weight is 330 g/mol. The molecule has 0 saturated carbocycles. The average Bonchev–Trinajstić information content (AvgIpc) is 2.61. The zero-order valence-corrected chi connectivity index (χ0v) is 14.5. The van der Waals surface area contributed by atoms with Gasteiger partial charge in [0.05, 0.1) is 0 Å². The molecule has 3 aromatic carbocycles. The lowest BCUT2D eigenvalue weighted by molar-refractivity contribution is 0.102. The first-order chi connectivity index (χ1) is 12.1. The van der Waals surface area contributed by atoms with Crippen LogP contribution in [0.2, 0.25) is 0 Å². The highest BCUT2D eigenvalue weighted by Crippen LogP contribution is 2.16. The lowest BCUT2D eigenvalue weighted by Gasteiger charge is -2.09. The first-order valence-electron chi connectivity index (χ1n) is 8.38. The van der Waals surface area contributed by atoms with Gasteiger partial charge in [0.15, 0.2) is 0 Å². The van der Waals surface area contributed by atoms with E-state index in [0.29, 0.717) is 5.56 Å². The Morgan fingerprint density at radius 3 is 2.12 bits per heavy atom. The van der Waals surface area contributed by atoms with Crippen molar-refractivity contribution in [1.29, 1.82) is 0 Å². The smallest absolute Gasteiger partial charge is 0.255 e. The van der Waals surface area contributed by atoms with E-state index in [1.54, 1.807) is 0 Å². The third kappa shape index (κ3) is 4.70. The summed E-state index contributed by atoms with van der Waals surface area (Å²) in [6, 6.07) is 23.8. The molecule has 0 atom stereocenters. The summed E-state index contributed by atoms with van der Waals surface area (Å²) >= 11 is 0. The Morgan fingerprint density at radius 2 is 1.44 bits per heavy atom. The predicted octanol–water partition coefficient (Wildman–Crippen LogP) is 5.17. The van der Waals surface area contributed by atoms with E-state index >= 15 is 0 Å². The molecule has 1 amide bonds. The molecule has 3 aromatic rings. The molecule has 25 heavy (non-hydrogen) atoms. The van der Waals surface area contributed by atoms with Gasteiger partial charge in [0.2, 0.25) is 0 Å². The van der Waals surface area contributed by atoms with Crippen LogP contribution in [0.25, 0.3) is 0 Å². The summed E-state index contributed by atoms with van der Waals surface area (Å²) in [7, 11) is 0. The number of rotatable bonds is 5. The lowest BCUT2D eigenvalue weighted by Crippen LogP contribution is -2.11. The van der Waals surface area contributed by atoms with Gasteiger partial charge in [0.25, 0.3) is 5.91 Å². The first-order valence-corrected chi connectivity index (χ1v) is 8.38. The van der Waals surface area contributed by atoms with Gasteiger partial charge in [-0.05, 0) is 55.8 Å². The van der Waals surface area contributed by atoms with Gasteiger partial charge < -0.3 is 10.6 Å². The molecule has 0 unspecified atom stereocenters. The van der Waals surface area contributed by atoms with E-state index in [1.807, 2.05) is 55.5 Å². The molecule has 0 aliphatic rings. The molecule has 0 fully saturated rings. The van der Waals surface area contributed by atoms with Crippen molar-refractivity contribution in [3.63, 3.8) is 0 Å².